The minimum Gasteiger partial charge on any atom is -0.352 e. The summed E-state index contributed by atoms with van der Waals surface area (Å²) in [5.74, 6) is -0.493. The van der Waals surface area contributed by atoms with E-state index in [2.05, 4.69) is 10.4 Å². The summed E-state index contributed by atoms with van der Waals surface area (Å²) < 4.78 is 29.0. The summed E-state index contributed by atoms with van der Waals surface area (Å²) in [5.41, 5.74) is 1.85. The van der Waals surface area contributed by atoms with Crippen molar-refractivity contribution in [3.05, 3.63) is 78.6 Å². The van der Waals surface area contributed by atoms with E-state index in [1.54, 1.807) is 41.2 Å². The average Bonchev–Trinajstić information content (AvgIpc) is 3.33. The van der Waals surface area contributed by atoms with Gasteiger partial charge in [0.1, 0.15) is 0 Å². The van der Waals surface area contributed by atoms with E-state index >= 15 is 0 Å². The number of carbonyl (C=O) groups excluding carboxylic acids is 1. The van der Waals surface area contributed by atoms with Crippen LogP contribution < -0.4 is 5.32 Å². The van der Waals surface area contributed by atoms with Crippen LogP contribution in [0.3, 0.4) is 0 Å². The molecule has 1 saturated heterocycles. The summed E-state index contributed by atoms with van der Waals surface area (Å²) in [4.78, 5) is 13.1. The molecule has 2 heterocycles. The second kappa shape index (κ2) is 8.81. The number of aromatic nitrogens is 2. The number of piperidine rings is 1. The van der Waals surface area contributed by atoms with Crippen molar-refractivity contribution < 1.29 is 13.2 Å². The number of sulfonamides is 1. The standard InChI is InChI=1S/C22H24N4O3S/c27-22(23-16-18-8-4-5-12-21(18)26-15-7-13-24-26)19-9-6-14-25(17-19)30(28,29)20-10-2-1-3-11-20/h1-5,7-8,10-13,15,19H,6,9,14,16-17H2,(H,23,27). The van der Waals surface area contributed by atoms with Gasteiger partial charge in [0, 0.05) is 32.0 Å². The van der Waals surface area contributed by atoms with Crippen LogP contribution in [0.15, 0.2) is 78.0 Å². The Morgan fingerprint density at radius 3 is 2.60 bits per heavy atom. The van der Waals surface area contributed by atoms with E-state index in [-0.39, 0.29) is 23.3 Å². The molecule has 1 fully saturated rings. The normalized spacial score (nSPS) is 17.5. The van der Waals surface area contributed by atoms with Crippen molar-refractivity contribution >= 4 is 15.9 Å². The molecule has 0 saturated carbocycles. The zero-order chi connectivity index (χ0) is 21.0. The highest BCUT2D eigenvalue weighted by Crippen LogP contribution is 2.24. The van der Waals surface area contributed by atoms with Gasteiger partial charge in [0.25, 0.3) is 0 Å². The summed E-state index contributed by atoms with van der Waals surface area (Å²) in [6.07, 6.45) is 4.90. The van der Waals surface area contributed by atoms with Crippen molar-refractivity contribution in [2.24, 2.45) is 5.92 Å². The van der Waals surface area contributed by atoms with E-state index in [0.717, 1.165) is 11.3 Å². The van der Waals surface area contributed by atoms with Crippen LogP contribution in [-0.4, -0.2) is 41.5 Å². The second-order valence-corrected chi connectivity index (χ2v) is 9.25. The van der Waals surface area contributed by atoms with Crippen molar-refractivity contribution in [1.29, 1.82) is 0 Å². The topological polar surface area (TPSA) is 84.3 Å². The number of benzene rings is 2. The Kier molecular flexibility index (Phi) is 5.96. The number of carbonyl (C=O) groups is 1. The van der Waals surface area contributed by atoms with E-state index < -0.39 is 10.0 Å². The van der Waals surface area contributed by atoms with E-state index in [9.17, 15) is 13.2 Å². The van der Waals surface area contributed by atoms with Crippen LogP contribution in [0, 0.1) is 5.92 Å². The van der Waals surface area contributed by atoms with Gasteiger partial charge in [-0.25, -0.2) is 13.1 Å². The van der Waals surface area contributed by atoms with Crippen LogP contribution in [0.5, 0.6) is 0 Å². The van der Waals surface area contributed by atoms with Crippen LogP contribution in [0.25, 0.3) is 5.69 Å². The molecule has 1 unspecified atom stereocenters. The highest BCUT2D eigenvalue weighted by molar-refractivity contribution is 7.89. The minimum atomic E-state index is -3.59. The molecule has 3 aromatic rings. The molecule has 8 heteroatoms. The van der Waals surface area contributed by atoms with Crippen LogP contribution in [0.1, 0.15) is 18.4 Å². The second-order valence-electron chi connectivity index (χ2n) is 7.31. The number of para-hydroxylation sites is 1. The lowest BCUT2D eigenvalue weighted by atomic mass is 9.98. The lowest BCUT2D eigenvalue weighted by Gasteiger charge is -2.31. The van der Waals surface area contributed by atoms with Crippen LogP contribution in [-0.2, 0) is 21.4 Å². The number of hydrogen-bond donors (Lipinski definition) is 1. The Morgan fingerprint density at radius 1 is 1.07 bits per heavy atom. The number of nitrogens with one attached hydrogen (secondary N) is 1. The number of amides is 1. The van der Waals surface area contributed by atoms with Crippen LogP contribution in [0.2, 0.25) is 0 Å². The molecule has 7 nitrogen and oxygen atoms in total. The van der Waals surface area contributed by atoms with Gasteiger partial charge in [-0.3, -0.25) is 4.79 Å². The number of rotatable bonds is 6. The maximum Gasteiger partial charge on any atom is 0.243 e. The van der Waals surface area contributed by atoms with E-state index in [1.807, 2.05) is 36.5 Å². The molecule has 1 N–H and O–H groups in total. The summed E-state index contributed by atoms with van der Waals surface area (Å²) in [6.45, 7) is 0.990. The molecule has 1 amide bonds. The maximum atomic E-state index is 12.9. The lowest BCUT2D eigenvalue weighted by molar-refractivity contribution is -0.126. The molecule has 4 rings (SSSR count). The lowest BCUT2D eigenvalue weighted by Crippen LogP contribution is -2.45. The first-order chi connectivity index (χ1) is 14.6. The zero-order valence-electron chi connectivity index (χ0n) is 16.5. The van der Waals surface area contributed by atoms with Crippen LogP contribution in [0.4, 0.5) is 0 Å². The van der Waals surface area contributed by atoms with Crippen molar-refractivity contribution in [3.8, 4) is 5.69 Å². The predicted octanol–water partition coefficient (Wildman–Crippen LogP) is 2.59. The minimum absolute atomic E-state index is 0.127. The van der Waals surface area contributed by atoms with Crippen molar-refractivity contribution in [3.63, 3.8) is 0 Å². The van der Waals surface area contributed by atoms with Crippen molar-refractivity contribution in [2.75, 3.05) is 13.1 Å². The summed E-state index contributed by atoms with van der Waals surface area (Å²) >= 11 is 0. The molecule has 1 aliphatic rings. The fraction of sp³-hybridized carbons (Fsp3) is 0.273. The number of hydrogen-bond acceptors (Lipinski definition) is 4. The van der Waals surface area contributed by atoms with E-state index in [4.69, 9.17) is 0 Å². The molecule has 156 valence electrons. The third-order valence-electron chi connectivity index (χ3n) is 5.33. The fourth-order valence-electron chi connectivity index (χ4n) is 3.74. The Hall–Kier alpha value is -2.97. The largest absolute Gasteiger partial charge is 0.352 e. The molecule has 1 atom stereocenters. The molecular formula is C22H24N4O3S. The molecule has 30 heavy (non-hydrogen) atoms. The molecular weight excluding hydrogens is 400 g/mol. The van der Waals surface area contributed by atoms with Gasteiger partial charge in [0.15, 0.2) is 0 Å². The summed E-state index contributed by atoms with van der Waals surface area (Å²) in [7, 11) is -3.59. The van der Waals surface area contributed by atoms with E-state index in [1.165, 1.54) is 4.31 Å². The van der Waals surface area contributed by atoms with E-state index in [0.29, 0.717) is 25.9 Å². The third-order valence-corrected chi connectivity index (χ3v) is 7.21. The van der Waals surface area contributed by atoms with Gasteiger partial charge in [0.2, 0.25) is 15.9 Å². The highest BCUT2D eigenvalue weighted by atomic mass is 32.2. The number of nitrogens with zero attached hydrogens (tertiary/aromatic N) is 3. The van der Waals surface area contributed by atoms with Gasteiger partial charge < -0.3 is 5.32 Å². The average molecular weight is 425 g/mol. The van der Waals surface area contributed by atoms with Gasteiger partial charge in [-0.2, -0.15) is 9.40 Å². The first-order valence-corrected chi connectivity index (χ1v) is 11.4. The molecule has 0 spiro atoms. The molecule has 1 aromatic heterocycles. The first kappa shape index (κ1) is 20.3. The van der Waals surface area contributed by atoms with Gasteiger partial charge in [-0.15, -0.1) is 0 Å². The third kappa shape index (κ3) is 4.29. The first-order valence-electron chi connectivity index (χ1n) is 9.96. The van der Waals surface area contributed by atoms with Gasteiger partial charge in [-0.05, 0) is 42.7 Å². The molecule has 2 aromatic carbocycles. The molecule has 0 radical (unpaired) electrons. The molecule has 0 bridgehead atoms. The van der Waals surface area contributed by atoms with Gasteiger partial charge >= 0.3 is 0 Å². The zero-order valence-corrected chi connectivity index (χ0v) is 17.3. The monoisotopic (exact) mass is 424 g/mol. The SMILES string of the molecule is O=C(NCc1ccccc1-n1cccn1)C1CCCN(S(=O)(=O)c2ccccc2)C1. The summed E-state index contributed by atoms with van der Waals surface area (Å²) in [5, 5.41) is 7.24. The van der Waals surface area contributed by atoms with Crippen molar-refractivity contribution in [2.45, 2.75) is 24.3 Å². The Morgan fingerprint density at radius 2 is 1.83 bits per heavy atom. The van der Waals surface area contributed by atoms with Gasteiger partial charge in [0.05, 0.1) is 16.5 Å². The van der Waals surface area contributed by atoms with Gasteiger partial charge in [-0.1, -0.05) is 36.4 Å². The molecule has 0 aliphatic carbocycles. The summed E-state index contributed by atoms with van der Waals surface area (Å²) in [6, 6.07) is 18.0. The fourth-order valence-corrected chi connectivity index (χ4v) is 5.28. The van der Waals surface area contributed by atoms with Crippen LogP contribution >= 0.6 is 0 Å². The van der Waals surface area contributed by atoms with Crippen molar-refractivity contribution in [1.82, 2.24) is 19.4 Å². The Balaban J connectivity index is 1.43. The quantitative estimate of drug-likeness (QED) is 0.659. The highest BCUT2D eigenvalue weighted by Gasteiger charge is 2.33. The Labute approximate surface area is 176 Å². The maximum absolute atomic E-state index is 12.9. The predicted molar refractivity (Wildman–Crippen MR) is 113 cm³/mol. The Bertz CT molecular complexity index is 1100. The smallest absolute Gasteiger partial charge is 0.243 e. The molecule has 1 aliphatic heterocycles.